The summed E-state index contributed by atoms with van der Waals surface area (Å²) in [5, 5.41) is 3.64. The maximum absolute atomic E-state index is 11.8. The van der Waals surface area contributed by atoms with Crippen LogP contribution in [0.25, 0.3) is 10.2 Å². The van der Waals surface area contributed by atoms with Crippen molar-refractivity contribution in [2.24, 2.45) is 0 Å². The van der Waals surface area contributed by atoms with E-state index in [4.69, 9.17) is 9.47 Å². The maximum atomic E-state index is 11.8. The Hall–Kier alpha value is -2.44. The first kappa shape index (κ1) is 17.4. The van der Waals surface area contributed by atoms with Crippen LogP contribution in [0.5, 0.6) is 5.75 Å². The number of nitrogens with zero attached hydrogens (tertiary/aromatic N) is 1. The Balaban J connectivity index is 1.32. The molecule has 1 amide bonds. The molecule has 0 fully saturated rings. The number of thiazole rings is 1. The number of hydrogen-bond acceptors (Lipinski definition) is 5. The summed E-state index contributed by atoms with van der Waals surface area (Å²) >= 11 is 1.58. The molecule has 0 aliphatic carbocycles. The van der Waals surface area contributed by atoms with Crippen LogP contribution in [0, 0.1) is 6.92 Å². The van der Waals surface area contributed by atoms with Crippen molar-refractivity contribution < 1.29 is 14.3 Å². The fraction of sp³-hybridized carbons (Fsp3) is 0.263. The Morgan fingerprint density at radius 2 is 1.96 bits per heavy atom. The molecule has 0 saturated heterocycles. The van der Waals surface area contributed by atoms with Crippen LogP contribution in [0.15, 0.2) is 48.5 Å². The monoisotopic (exact) mass is 356 g/mol. The van der Waals surface area contributed by atoms with Gasteiger partial charge in [0.15, 0.2) is 0 Å². The molecule has 5 nitrogen and oxygen atoms in total. The third-order valence-corrected chi connectivity index (χ3v) is 4.52. The van der Waals surface area contributed by atoms with Crippen LogP contribution in [0.2, 0.25) is 0 Å². The molecular weight excluding hydrogens is 336 g/mol. The number of fused-ring (bicyclic) bond motifs is 1. The van der Waals surface area contributed by atoms with E-state index in [-0.39, 0.29) is 12.5 Å². The molecule has 3 rings (SSSR count). The highest BCUT2D eigenvalue weighted by Crippen LogP contribution is 2.21. The maximum Gasteiger partial charge on any atom is 0.246 e. The predicted octanol–water partition coefficient (Wildman–Crippen LogP) is 3.32. The number of nitrogens with one attached hydrogen (secondary N) is 1. The Morgan fingerprint density at radius 3 is 2.76 bits per heavy atom. The summed E-state index contributed by atoms with van der Waals surface area (Å²) in [7, 11) is 0. The van der Waals surface area contributed by atoms with Gasteiger partial charge in [0.1, 0.15) is 24.0 Å². The van der Waals surface area contributed by atoms with Gasteiger partial charge in [-0.25, -0.2) is 4.98 Å². The molecular formula is C19H20N2O3S. The van der Waals surface area contributed by atoms with E-state index in [9.17, 15) is 4.79 Å². The van der Waals surface area contributed by atoms with E-state index in [1.165, 1.54) is 5.56 Å². The Morgan fingerprint density at radius 1 is 1.16 bits per heavy atom. The van der Waals surface area contributed by atoms with Gasteiger partial charge in [-0.2, -0.15) is 0 Å². The van der Waals surface area contributed by atoms with E-state index >= 15 is 0 Å². The molecule has 130 valence electrons. The molecule has 0 spiro atoms. The molecule has 3 aromatic rings. The van der Waals surface area contributed by atoms with E-state index in [0.29, 0.717) is 19.8 Å². The SMILES string of the molecule is Cc1ccc(OCCNC(=O)COCc2nc3ccccc3s2)cc1. The van der Waals surface area contributed by atoms with Gasteiger partial charge in [0.05, 0.1) is 23.4 Å². The van der Waals surface area contributed by atoms with Gasteiger partial charge < -0.3 is 14.8 Å². The number of aromatic nitrogens is 1. The summed E-state index contributed by atoms with van der Waals surface area (Å²) in [6.07, 6.45) is 0. The third kappa shape index (κ3) is 5.27. The Bertz CT molecular complexity index is 797. The second kappa shape index (κ2) is 8.60. The van der Waals surface area contributed by atoms with Crippen LogP contribution >= 0.6 is 11.3 Å². The number of rotatable bonds is 8. The van der Waals surface area contributed by atoms with E-state index < -0.39 is 0 Å². The number of hydrogen-bond donors (Lipinski definition) is 1. The van der Waals surface area contributed by atoms with E-state index in [0.717, 1.165) is 21.0 Å². The Kier molecular flexibility index (Phi) is 5.98. The number of benzene rings is 2. The van der Waals surface area contributed by atoms with Gasteiger partial charge in [-0.3, -0.25) is 4.79 Å². The summed E-state index contributed by atoms with van der Waals surface area (Å²) in [6.45, 7) is 3.25. The van der Waals surface area contributed by atoms with Crippen molar-refractivity contribution in [1.29, 1.82) is 0 Å². The molecule has 1 N–H and O–H groups in total. The molecule has 2 aromatic carbocycles. The lowest BCUT2D eigenvalue weighted by molar-refractivity contribution is -0.126. The largest absolute Gasteiger partial charge is 0.492 e. The highest BCUT2D eigenvalue weighted by Gasteiger charge is 2.05. The molecule has 0 atom stereocenters. The van der Waals surface area contributed by atoms with Crippen molar-refractivity contribution in [3.8, 4) is 5.75 Å². The second-order valence-electron chi connectivity index (χ2n) is 5.58. The number of carbonyl (C=O) groups is 1. The molecule has 25 heavy (non-hydrogen) atoms. The zero-order valence-corrected chi connectivity index (χ0v) is 14.8. The first-order chi connectivity index (χ1) is 12.2. The highest BCUT2D eigenvalue weighted by molar-refractivity contribution is 7.18. The molecule has 0 aliphatic heterocycles. The second-order valence-corrected chi connectivity index (χ2v) is 6.69. The van der Waals surface area contributed by atoms with E-state index in [1.54, 1.807) is 11.3 Å². The van der Waals surface area contributed by atoms with Crippen molar-refractivity contribution in [1.82, 2.24) is 10.3 Å². The lowest BCUT2D eigenvalue weighted by atomic mass is 10.2. The van der Waals surface area contributed by atoms with Crippen molar-refractivity contribution in [2.45, 2.75) is 13.5 Å². The fourth-order valence-electron chi connectivity index (χ4n) is 2.26. The van der Waals surface area contributed by atoms with Crippen molar-refractivity contribution in [3.63, 3.8) is 0 Å². The van der Waals surface area contributed by atoms with Gasteiger partial charge in [-0.1, -0.05) is 29.8 Å². The van der Waals surface area contributed by atoms with Gasteiger partial charge in [-0.05, 0) is 31.2 Å². The molecule has 0 bridgehead atoms. The van der Waals surface area contributed by atoms with Gasteiger partial charge >= 0.3 is 0 Å². The smallest absolute Gasteiger partial charge is 0.246 e. The van der Waals surface area contributed by atoms with Crippen molar-refractivity contribution in [2.75, 3.05) is 19.8 Å². The molecule has 0 unspecified atom stereocenters. The van der Waals surface area contributed by atoms with Gasteiger partial charge in [-0.15, -0.1) is 11.3 Å². The first-order valence-corrected chi connectivity index (χ1v) is 8.91. The molecule has 0 radical (unpaired) electrons. The zero-order valence-electron chi connectivity index (χ0n) is 14.0. The molecule has 1 aromatic heterocycles. The minimum Gasteiger partial charge on any atom is -0.492 e. The summed E-state index contributed by atoms with van der Waals surface area (Å²) < 4.78 is 12.1. The summed E-state index contributed by atoms with van der Waals surface area (Å²) in [4.78, 5) is 16.2. The quantitative estimate of drug-likeness (QED) is 0.629. The van der Waals surface area contributed by atoms with Crippen LogP contribution in [0.3, 0.4) is 0 Å². The summed E-state index contributed by atoms with van der Waals surface area (Å²) in [5.74, 6) is 0.639. The predicted molar refractivity (Wildman–Crippen MR) is 99.0 cm³/mol. The number of amides is 1. The molecule has 0 aliphatic rings. The summed E-state index contributed by atoms with van der Waals surface area (Å²) in [5.41, 5.74) is 2.15. The van der Waals surface area contributed by atoms with E-state index in [2.05, 4.69) is 10.3 Å². The fourth-order valence-corrected chi connectivity index (χ4v) is 3.16. The topological polar surface area (TPSA) is 60.5 Å². The highest BCUT2D eigenvalue weighted by atomic mass is 32.1. The standard InChI is InChI=1S/C19H20N2O3S/c1-14-6-8-15(9-7-14)24-11-10-20-18(22)12-23-13-19-21-16-4-2-3-5-17(16)25-19/h2-9H,10-13H2,1H3,(H,20,22). The number of para-hydroxylation sites is 1. The number of ether oxygens (including phenoxy) is 2. The minimum absolute atomic E-state index is 0.0143. The third-order valence-electron chi connectivity index (χ3n) is 3.51. The van der Waals surface area contributed by atoms with Crippen LogP contribution in [0.1, 0.15) is 10.6 Å². The zero-order chi connectivity index (χ0) is 17.5. The number of carbonyl (C=O) groups excluding carboxylic acids is 1. The van der Waals surface area contributed by atoms with Gasteiger partial charge in [0, 0.05) is 0 Å². The lowest BCUT2D eigenvalue weighted by Gasteiger charge is -2.08. The molecule has 6 heteroatoms. The normalized spacial score (nSPS) is 10.8. The van der Waals surface area contributed by atoms with Crippen LogP contribution < -0.4 is 10.1 Å². The molecule has 0 saturated carbocycles. The van der Waals surface area contributed by atoms with E-state index in [1.807, 2.05) is 55.5 Å². The van der Waals surface area contributed by atoms with Crippen molar-refractivity contribution in [3.05, 3.63) is 59.1 Å². The Labute approximate surface area is 150 Å². The number of aryl methyl sites for hydroxylation is 1. The van der Waals surface area contributed by atoms with Crippen molar-refractivity contribution >= 4 is 27.5 Å². The first-order valence-electron chi connectivity index (χ1n) is 8.09. The average molecular weight is 356 g/mol. The van der Waals surface area contributed by atoms with Gasteiger partial charge in [0.25, 0.3) is 0 Å². The van der Waals surface area contributed by atoms with Gasteiger partial charge in [0.2, 0.25) is 5.91 Å². The minimum atomic E-state index is -0.159. The van der Waals surface area contributed by atoms with Crippen LogP contribution in [-0.4, -0.2) is 30.6 Å². The lowest BCUT2D eigenvalue weighted by Crippen LogP contribution is -2.31. The average Bonchev–Trinajstić information content (AvgIpc) is 3.03. The van der Waals surface area contributed by atoms with Crippen LogP contribution in [0.4, 0.5) is 0 Å². The summed E-state index contributed by atoms with van der Waals surface area (Å²) in [6, 6.07) is 15.7. The molecule has 1 heterocycles. The van der Waals surface area contributed by atoms with Crippen LogP contribution in [-0.2, 0) is 16.1 Å².